The van der Waals surface area contributed by atoms with E-state index in [0.29, 0.717) is 32.2 Å². The Hall–Kier alpha value is -3.61. The SMILES string of the molecule is COc1cccc(/C=C/C(=O)N2CCN(C3=NC(=O)C(c4ccccc4)O3)CC2)c1. The summed E-state index contributed by atoms with van der Waals surface area (Å²) >= 11 is 0. The topological polar surface area (TPSA) is 71.4 Å². The van der Waals surface area contributed by atoms with Crippen molar-refractivity contribution in [2.75, 3.05) is 33.3 Å². The molecule has 0 spiro atoms. The van der Waals surface area contributed by atoms with E-state index in [4.69, 9.17) is 9.47 Å². The standard InChI is InChI=1S/C23H23N3O4/c1-29-19-9-5-6-17(16-19)10-11-20(27)25-12-14-26(15-13-25)23-24-22(28)21(30-23)18-7-3-2-4-8-18/h2-11,16,21H,12-15H2,1H3/b11-10+. The lowest BCUT2D eigenvalue weighted by Crippen LogP contribution is -2.50. The van der Waals surface area contributed by atoms with Crippen LogP contribution in [0.3, 0.4) is 0 Å². The van der Waals surface area contributed by atoms with Crippen LogP contribution in [0.1, 0.15) is 17.2 Å². The fraction of sp³-hybridized carbons (Fsp3) is 0.261. The highest BCUT2D eigenvalue weighted by atomic mass is 16.5. The Kier molecular flexibility index (Phi) is 5.79. The number of aliphatic imine (C=N–C) groups is 1. The van der Waals surface area contributed by atoms with E-state index >= 15 is 0 Å². The van der Waals surface area contributed by atoms with Gasteiger partial charge in [-0.25, -0.2) is 0 Å². The van der Waals surface area contributed by atoms with Gasteiger partial charge in [-0.05, 0) is 23.8 Å². The zero-order valence-corrected chi connectivity index (χ0v) is 16.7. The van der Waals surface area contributed by atoms with Gasteiger partial charge in [-0.15, -0.1) is 0 Å². The van der Waals surface area contributed by atoms with Gasteiger partial charge in [-0.1, -0.05) is 42.5 Å². The molecule has 2 aromatic carbocycles. The highest BCUT2D eigenvalue weighted by molar-refractivity contribution is 5.99. The van der Waals surface area contributed by atoms with Crippen molar-refractivity contribution in [2.45, 2.75) is 6.10 Å². The van der Waals surface area contributed by atoms with E-state index in [1.807, 2.05) is 59.5 Å². The average molecular weight is 405 g/mol. The van der Waals surface area contributed by atoms with Gasteiger partial charge in [0.15, 0.2) is 0 Å². The maximum Gasteiger partial charge on any atom is 0.296 e. The number of ether oxygens (including phenoxy) is 2. The van der Waals surface area contributed by atoms with E-state index in [2.05, 4.69) is 4.99 Å². The fourth-order valence-electron chi connectivity index (χ4n) is 3.45. The van der Waals surface area contributed by atoms with Gasteiger partial charge in [0.25, 0.3) is 11.9 Å². The van der Waals surface area contributed by atoms with Crippen molar-refractivity contribution in [3.05, 3.63) is 71.8 Å². The van der Waals surface area contributed by atoms with Gasteiger partial charge in [0, 0.05) is 37.8 Å². The zero-order chi connectivity index (χ0) is 20.9. The fourth-order valence-corrected chi connectivity index (χ4v) is 3.45. The smallest absolute Gasteiger partial charge is 0.296 e. The van der Waals surface area contributed by atoms with Gasteiger partial charge in [0.1, 0.15) is 5.75 Å². The predicted octanol–water partition coefficient (Wildman–Crippen LogP) is 2.51. The number of amides is 2. The Labute approximate surface area is 175 Å². The lowest BCUT2D eigenvalue weighted by atomic mass is 10.1. The van der Waals surface area contributed by atoms with Gasteiger partial charge >= 0.3 is 0 Å². The molecule has 0 radical (unpaired) electrons. The molecule has 2 heterocycles. The van der Waals surface area contributed by atoms with E-state index < -0.39 is 6.10 Å². The van der Waals surface area contributed by atoms with E-state index in [9.17, 15) is 9.59 Å². The Bertz CT molecular complexity index is 979. The number of hydrogen-bond acceptors (Lipinski definition) is 5. The first-order valence-electron chi connectivity index (χ1n) is 9.84. The molecule has 7 heteroatoms. The van der Waals surface area contributed by atoms with Crippen LogP contribution >= 0.6 is 0 Å². The van der Waals surface area contributed by atoms with Crippen LogP contribution in [0, 0.1) is 0 Å². The van der Waals surface area contributed by atoms with Crippen molar-refractivity contribution in [3.8, 4) is 5.75 Å². The first-order valence-corrected chi connectivity index (χ1v) is 9.84. The maximum absolute atomic E-state index is 12.5. The third-order valence-electron chi connectivity index (χ3n) is 5.13. The van der Waals surface area contributed by atoms with Crippen LogP contribution in [0.4, 0.5) is 0 Å². The molecular formula is C23H23N3O4. The highest BCUT2D eigenvalue weighted by Crippen LogP contribution is 2.25. The third kappa shape index (κ3) is 4.35. The number of piperazine rings is 1. The minimum absolute atomic E-state index is 0.0509. The molecule has 7 nitrogen and oxygen atoms in total. The highest BCUT2D eigenvalue weighted by Gasteiger charge is 2.34. The molecule has 0 N–H and O–H groups in total. The largest absolute Gasteiger partial charge is 0.497 e. The van der Waals surface area contributed by atoms with Crippen molar-refractivity contribution < 1.29 is 19.1 Å². The van der Waals surface area contributed by atoms with Crippen molar-refractivity contribution in [1.29, 1.82) is 0 Å². The Balaban J connectivity index is 1.31. The van der Waals surface area contributed by atoms with Crippen LogP contribution in [0.15, 0.2) is 65.7 Å². The Morgan fingerprint density at radius 1 is 1.10 bits per heavy atom. The van der Waals surface area contributed by atoms with Crippen molar-refractivity contribution in [1.82, 2.24) is 9.80 Å². The van der Waals surface area contributed by atoms with Gasteiger partial charge in [-0.2, -0.15) is 4.99 Å². The van der Waals surface area contributed by atoms with Gasteiger partial charge < -0.3 is 19.3 Å². The lowest BCUT2D eigenvalue weighted by molar-refractivity contribution is -0.127. The van der Waals surface area contributed by atoms with E-state index in [1.54, 1.807) is 24.2 Å². The first-order chi connectivity index (χ1) is 14.6. The van der Waals surface area contributed by atoms with Crippen LogP contribution in [0.2, 0.25) is 0 Å². The van der Waals surface area contributed by atoms with Crippen molar-refractivity contribution in [3.63, 3.8) is 0 Å². The molecule has 154 valence electrons. The average Bonchev–Trinajstić information content (AvgIpc) is 3.20. The normalized spacial score (nSPS) is 19.0. The molecule has 0 aliphatic carbocycles. The Morgan fingerprint density at radius 2 is 1.87 bits per heavy atom. The quantitative estimate of drug-likeness (QED) is 0.731. The summed E-state index contributed by atoms with van der Waals surface area (Å²) in [6.45, 7) is 2.19. The van der Waals surface area contributed by atoms with E-state index in [0.717, 1.165) is 16.9 Å². The monoisotopic (exact) mass is 405 g/mol. The second kappa shape index (κ2) is 8.82. The molecule has 2 aliphatic heterocycles. The summed E-state index contributed by atoms with van der Waals surface area (Å²) in [6.07, 6.45) is 2.67. The number of hydrogen-bond donors (Lipinski definition) is 0. The summed E-state index contributed by atoms with van der Waals surface area (Å²) in [4.78, 5) is 32.5. The molecule has 2 amide bonds. The van der Waals surface area contributed by atoms with Crippen LogP contribution < -0.4 is 4.74 Å². The minimum Gasteiger partial charge on any atom is -0.497 e. The zero-order valence-electron chi connectivity index (χ0n) is 16.7. The number of benzene rings is 2. The van der Waals surface area contributed by atoms with E-state index in [-0.39, 0.29) is 11.8 Å². The number of nitrogens with zero attached hydrogens (tertiary/aromatic N) is 3. The second-order valence-corrected chi connectivity index (χ2v) is 7.06. The summed E-state index contributed by atoms with van der Waals surface area (Å²) in [5.74, 6) is 0.403. The molecule has 2 aliphatic rings. The van der Waals surface area contributed by atoms with Crippen molar-refractivity contribution in [2.24, 2.45) is 4.99 Å². The molecule has 1 fully saturated rings. The van der Waals surface area contributed by atoms with Crippen LogP contribution in [-0.4, -0.2) is 60.9 Å². The summed E-state index contributed by atoms with van der Waals surface area (Å²) in [5.41, 5.74) is 1.69. The summed E-state index contributed by atoms with van der Waals surface area (Å²) in [5, 5.41) is 0. The summed E-state index contributed by atoms with van der Waals surface area (Å²) in [6, 6.07) is 17.2. The molecule has 0 aromatic heterocycles. The number of methoxy groups -OCH3 is 1. The van der Waals surface area contributed by atoms with Crippen LogP contribution in [0.25, 0.3) is 6.08 Å². The second-order valence-electron chi connectivity index (χ2n) is 7.06. The lowest BCUT2D eigenvalue weighted by Gasteiger charge is -2.34. The Morgan fingerprint density at radius 3 is 2.60 bits per heavy atom. The molecule has 1 saturated heterocycles. The van der Waals surface area contributed by atoms with Gasteiger partial charge in [0.05, 0.1) is 7.11 Å². The molecule has 1 unspecified atom stereocenters. The van der Waals surface area contributed by atoms with Crippen LogP contribution in [0.5, 0.6) is 5.75 Å². The maximum atomic E-state index is 12.5. The van der Waals surface area contributed by atoms with Crippen LogP contribution in [-0.2, 0) is 14.3 Å². The molecule has 2 aromatic rings. The number of carbonyl (C=O) groups excluding carboxylic acids is 2. The molecule has 0 bridgehead atoms. The van der Waals surface area contributed by atoms with Gasteiger partial charge in [-0.3, -0.25) is 9.59 Å². The molecule has 1 atom stereocenters. The molecule has 30 heavy (non-hydrogen) atoms. The number of carbonyl (C=O) groups is 2. The van der Waals surface area contributed by atoms with Crippen molar-refractivity contribution >= 4 is 23.9 Å². The first kappa shape index (κ1) is 19.7. The molecule has 0 saturated carbocycles. The number of amidine groups is 1. The van der Waals surface area contributed by atoms with Gasteiger partial charge in [0.2, 0.25) is 12.0 Å². The molecular weight excluding hydrogens is 382 g/mol. The summed E-state index contributed by atoms with van der Waals surface area (Å²) < 4.78 is 11.0. The molecule has 4 rings (SSSR count). The minimum atomic E-state index is -0.688. The third-order valence-corrected chi connectivity index (χ3v) is 5.13. The predicted molar refractivity (Wildman–Crippen MR) is 113 cm³/mol. The van der Waals surface area contributed by atoms with E-state index in [1.165, 1.54) is 0 Å². The number of rotatable bonds is 4. The summed E-state index contributed by atoms with van der Waals surface area (Å²) in [7, 11) is 1.61.